The molecule has 0 unspecified atom stereocenters. The Morgan fingerprint density at radius 2 is 1.64 bits per heavy atom. The Bertz CT molecular complexity index is 519. The molecule has 5 nitrogen and oxygen atoms in total. The summed E-state index contributed by atoms with van der Waals surface area (Å²) in [5.41, 5.74) is 1.88. The molecule has 0 atom stereocenters. The standard InChI is InChI=1S/C17H25N3O2/c1-4-19(5-2)15-8-10-16(11-9-15)20(13(3)21)12-17(22)18-14-6-7-14/h8-11,14H,4-7,12H2,1-3H3,(H,18,22). The minimum atomic E-state index is -0.124. The van der Waals surface area contributed by atoms with Crippen LogP contribution in [-0.4, -0.2) is 37.5 Å². The number of benzene rings is 1. The molecule has 1 aromatic carbocycles. The molecular formula is C17H25N3O2. The van der Waals surface area contributed by atoms with E-state index in [-0.39, 0.29) is 18.4 Å². The van der Waals surface area contributed by atoms with Gasteiger partial charge in [-0.1, -0.05) is 0 Å². The van der Waals surface area contributed by atoms with Gasteiger partial charge in [-0.05, 0) is 51.0 Å². The number of nitrogens with one attached hydrogen (secondary N) is 1. The first kappa shape index (κ1) is 16.3. The van der Waals surface area contributed by atoms with Gasteiger partial charge in [0.1, 0.15) is 6.54 Å². The zero-order chi connectivity index (χ0) is 16.1. The zero-order valence-corrected chi connectivity index (χ0v) is 13.6. The van der Waals surface area contributed by atoms with Crippen LogP contribution in [0.2, 0.25) is 0 Å². The third kappa shape index (κ3) is 4.23. The summed E-state index contributed by atoms with van der Waals surface area (Å²) >= 11 is 0. The van der Waals surface area contributed by atoms with E-state index in [1.807, 2.05) is 24.3 Å². The second-order valence-corrected chi connectivity index (χ2v) is 5.64. The Hall–Kier alpha value is -2.04. The van der Waals surface area contributed by atoms with Gasteiger partial charge in [-0.2, -0.15) is 0 Å². The van der Waals surface area contributed by atoms with Crippen molar-refractivity contribution in [2.24, 2.45) is 0 Å². The van der Waals surface area contributed by atoms with E-state index in [0.29, 0.717) is 6.04 Å². The highest BCUT2D eigenvalue weighted by atomic mass is 16.2. The summed E-state index contributed by atoms with van der Waals surface area (Å²) in [5.74, 6) is -0.216. The Balaban J connectivity index is 2.07. The highest BCUT2D eigenvalue weighted by Crippen LogP contribution is 2.22. The van der Waals surface area contributed by atoms with Gasteiger partial charge in [-0.15, -0.1) is 0 Å². The van der Waals surface area contributed by atoms with Gasteiger partial charge in [0.25, 0.3) is 0 Å². The fourth-order valence-corrected chi connectivity index (χ4v) is 2.46. The van der Waals surface area contributed by atoms with Crippen molar-refractivity contribution in [1.29, 1.82) is 0 Å². The van der Waals surface area contributed by atoms with E-state index in [9.17, 15) is 9.59 Å². The smallest absolute Gasteiger partial charge is 0.240 e. The minimum absolute atomic E-state index is 0.0798. The molecule has 0 aromatic heterocycles. The Labute approximate surface area is 132 Å². The third-order valence-corrected chi connectivity index (χ3v) is 3.91. The van der Waals surface area contributed by atoms with Gasteiger partial charge in [0.2, 0.25) is 11.8 Å². The number of rotatable bonds is 7. The van der Waals surface area contributed by atoms with E-state index in [2.05, 4.69) is 24.1 Å². The molecule has 1 N–H and O–H groups in total. The van der Waals surface area contributed by atoms with Crippen molar-refractivity contribution >= 4 is 23.2 Å². The van der Waals surface area contributed by atoms with Gasteiger partial charge in [0, 0.05) is 37.4 Å². The van der Waals surface area contributed by atoms with Crippen molar-refractivity contribution in [3.8, 4) is 0 Å². The molecule has 0 aliphatic heterocycles. The van der Waals surface area contributed by atoms with Crippen LogP contribution in [-0.2, 0) is 9.59 Å². The lowest BCUT2D eigenvalue weighted by Crippen LogP contribution is -2.40. The Morgan fingerprint density at radius 3 is 2.09 bits per heavy atom. The van der Waals surface area contributed by atoms with E-state index in [0.717, 1.165) is 37.3 Å². The maximum atomic E-state index is 11.9. The minimum Gasteiger partial charge on any atom is -0.372 e. The molecule has 1 aliphatic rings. The second kappa shape index (κ2) is 7.29. The summed E-state index contributed by atoms with van der Waals surface area (Å²) in [4.78, 5) is 27.5. The SMILES string of the molecule is CCN(CC)c1ccc(N(CC(=O)NC2CC2)C(C)=O)cc1. The topological polar surface area (TPSA) is 52.6 Å². The van der Waals surface area contributed by atoms with Crippen LogP contribution < -0.4 is 15.1 Å². The molecule has 1 aromatic rings. The van der Waals surface area contributed by atoms with Crippen molar-refractivity contribution in [2.45, 2.75) is 39.7 Å². The first-order valence-corrected chi connectivity index (χ1v) is 7.97. The van der Waals surface area contributed by atoms with Gasteiger partial charge in [-0.25, -0.2) is 0 Å². The lowest BCUT2D eigenvalue weighted by atomic mass is 10.2. The van der Waals surface area contributed by atoms with Crippen LogP contribution in [0.3, 0.4) is 0 Å². The van der Waals surface area contributed by atoms with Crippen LogP contribution in [0.5, 0.6) is 0 Å². The number of hydrogen-bond acceptors (Lipinski definition) is 3. The quantitative estimate of drug-likeness (QED) is 0.840. The highest BCUT2D eigenvalue weighted by molar-refractivity contribution is 5.97. The molecule has 0 radical (unpaired) electrons. The summed E-state index contributed by atoms with van der Waals surface area (Å²) in [6, 6.07) is 8.11. The van der Waals surface area contributed by atoms with Crippen molar-refractivity contribution < 1.29 is 9.59 Å². The Kier molecular flexibility index (Phi) is 5.41. The fourth-order valence-electron chi connectivity index (χ4n) is 2.46. The predicted molar refractivity (Wildman–Crippen MR) is 89.2 cm³/mol. The summed E-state index contributed by atoms with van der Waals surface area (Å²) in [6.07, 6.45) is 2.09. The van der Waals surface area contributed by atoms with E-state index in [1.165, 1.54) is 11.8 Å². The first-order valence-electron chi connectivity index (χ1n) is 7.97. The molecule has 1 saturated carbocycles. The number of carbonyl (C=O) groups excluding carboxylic acids is 2. The normalized spacial score (nSPS) is 13.6. The molecule has 1 fully saturated rings. The van der Waals surface area contributed by atoms with Crippen molar-refractivity contribution in [1.82, 2.24) is 5.32 Å². The molecule has 0 bridgehead atoms. The summed E-state index contributed by atoms with van der Waals surface area (Å²) < 4.78 is 0. The van der Waals surface area contributed by atoms with Crippen LogP contribution in [0.15, 0.2) is 24.3 Å². The Morgan fingerprint density at radius 1 is 1.09 bits per heavy atom. The van der Waals surface area contributed by atoms with Crippen LogP contribution in [0, 0.1) is 0 Å². The second-order valence-electron chi connectivity index (χ2n) is 5.64. The number of nitrogens with zero attached hydrogens (tertiary/aromatic N) is 2. The largest absolute Gasteiger partial charge is 0.372 e. The molecular weight excluding hydrogens is 278 g/mol. The first-order chi connectivity index (χ1) is 10.5. The average Bonchev–Trinajstić information content (AvgIpc) is 3.30. The van der Waals surface area contributed by atoms with Gasteiger partial charge in [0.15, 0.2) is 0 Å². The van der Waals surface area contributed by atoms with Gasteiger partial charge in [-0.3, -0.25) is 9.59 Å². The molecule has 120 valence electrons. The van der Waals surface area contributed by atoms with Crippen molar-refractivity contribution in [2.75, 3.05) is 29.4 Å². The molecule has 1 aliphatic carbocycles. The molecule has 5 heteroatoms. The van der Waals surface area contributed by atoms with Crippen LogP contribution in [0.1, 0.15) is 33.6 Å². The van der Waals surface area contributed by atoms with Crippen LogP contribution in [0.25, 0.3) is 0 Å². The average molecular weight is 303 g/mol. The maximum absolute atomic E-state index is 11.9. The predicted octanol–water partition coefficient (Wildman–Crippen LogP) is 2.16. The van der Waals surface area contributed by atoms with Gasteiger partial charge < -0.3 is 15.1 Å². The number of amides is 2. The summed E-state index contributed by atoms with van der Waals surface area (Å²) in [7, 11) is 0. The van der Waals surface area contributed by atoms with Gasteiger partial charge >= 0.3 is 0 Å². The monoisotopic (exact) mass is 303 g/mol. The number of anilines is 2. The highest BCUT2D eigenvalue weighted by Gasteiger charge is 2.25. The summed E-state index contributed by atoms with van der Waals surface area (Å²) in [6.45, 7) is 7.67. The van der Waals surface area contributed by atoms with Gasteiger partial charge in [0.05, 0.1) is 0 Å². The molecule has 0 heterocycles. The zero-order valence-electron chi connectivity index (χ0n) is 13.6. The van der Waals surface area contributed by atoms with Crippen LogP contribution in [0.4, 0.5) is 11.4 Å². The third-order valence-electron chi connectivity index (χ3n) is 3.91. The molecule has 22 heavy (non-hydrogen) atoms. The van der Waals surface area contributed by atoms with E-state index in [1.54, 1.807) is 0 Å². The molecule has 2 rings (SSSR count). The van der Waals surface area contributed by atoms with E-state index < -0.39 is 0 Å². The van der Waals surface area contributed by atoms with Crippen LogP contribution >= 0.6 is 0 Å². The lowest BCUT2D eigenvalue weighted by Gasteiger charge is -2.24. The molecule has 0 saturated heterocycles. The van der Waals surface area contributed by atoms with Crippen molar-refractivity contribution in [3.05, 3.63) is 24.3 Å². The van der Waals surface area contributed by atoms with E-state index in [4.69, 9.17) is 0 Å². The van der Waals surface area contributed by atoms with E-state index >= 15 is 0 Å². The molecule has 0 spiro atoms. The fraction of sp³-hybridized carbons (Fsp3) is 0.529. The number of carbonyl (C=O) groups is 2. The maximum Gasteiger partial charge on any atom is 0.240 e. The number of hydrogen-bond donors (Lipinski definition) is 1. The summed E-state index contributed by atoms with van der Waals surface area (Å²) in [5, 5.41) is 2.92. The lowest BCUT2D eigenvalue weighted by molar-refractivity contribution is -0.123. The molecule has 2 amide bonds. The van der Waals surface area contributed by atoms with Crippen molar-refractivity contribution in [3.63, 3.8) is 0 Å².